The lowest BCUT2D eigenvalue weighted by molar-refractivity contribution is -0.0135. The molecule has 2 amide bonds. The predicted octanol–water partition coefficient (Wildman–Crippen LogP) is 3.05. The first-order chi connectivity index (χ1) is 12.2. The summed E-state index contributed by atoms with van der Waals surface area (Å²) < 4.78 is 10.2. The fraction of sp³-hybridized carbons (Fsp3) is 0.850. The summed E-state index contributed by atoms with van der Waals surface area (Å²) >= 11 is 0. The van der Waals surface area contributed by atoms with E-state index in [9.17, 15) is 4.79 Å². The molecule has 4 rings (SSSR count). The van der Waals surface area contributed by atoms with Gasteiger partial charge in [-0.1, -0.05) is 6.42 Å². The van der Waals surface area contributed by atoms with Crippen LogP contribution < -0.4 is 10.6 Å². The first-order valence-electron chi connectivity index (χ1n) is 9.90. The Bertz CT molecular complexity index is 451. The SMILES string of the molecule is C#COCCOCCCCCNC(=O)NC12CC3CC(CC(C3)C1)C2. The molecule has 140 valence electrons. The average Bonchev–Trinajstić information content (AvgIpc) is 2.55. The van der Waals surface area contributed by atoms with Crippen molar-refractivity contribution in [2.45, 2.75) is 63.3 Å². The number of urea groups is 1. The van der Waals surface area contributed by atoms with E-state index in [0.29, 0.717) is 19.8 Å². The molecule has 5 heteroatoms. The molecule has 25 heavy (non-hydrogen) atoms. The van der Waals surface area contributed by atoms with Gasteiger partial charge in [0, 0.05) is 18.7 Å². The van der Waals surface area contributed by atoms with Crippen LogP contribution in [0.2, 0.25) is 0 Å². The maximum Gasteiger partial charge on any atom is 0.315 e. The topological polar surface area (TPSA) is 59.6 Å². The quantitative estimate of drug-likeness (QED) is 0.471. The van der Waals surface area contributed by atoms with E-state index in [4.69, 9.17) is 15.9 Å². The van der Waals surface area contributed by atoms with Crippen LogP contribution in [-0.4, -0.2) is 37.9 Å². The van der Waals surface area contributed by atoms with E-state index in [0.717, 1.165) is 43.6 Å². The zero-order chi connectivity index (χ0) is 17.5. The lowest BCUT2D eigenvalue weighted by Crippen LogP contribution is -2.61. The third-order valence-corrected chi connectivity index (χ3v) is 6.08. The largest absolute Gasteiger partial charge is 0.444 e. The van der Waals surface area contributed by atoms with E-state index < -0.39 is 0 Å². The maximum absolute atomic E-state index is 12.3. The van der Waals surface area contributed by atoms with Crippen LogP contribution in [0.1, 0.15) is 57.8 Å². The molecule has 5 nitrogen and oxygen atoms in total. The van der Waals surface area contributed by atoms with E-state index in [-0.39, 0.29) is 11.6 Å². The Balaban J connectivity index is 1.23. The van der Waals surface area contributed by atoms with Crippen LogP contribution in [-0.2, 0) is 9.47 Å². The first-order valence-corrected chi connectivity index (χ1v) is 9.90. The molecule has 0 spiro atoms. The summed E-state index contributed by atoms with van der Waals surface area (Å²) in [6.07, 6.45) is 17.9. The summed E-state index contributed by atoms with van der Waals surface area (Å²) in [4.78, 5) is 12.3. The van der Waals surface area contributed by atoms with Crippen LogP contribution in [0.15, 0.2) is 0 Å². The molecule has 0 aromatic rings. The molecule has 0 saturated heterocycles. The molecule has 4 saturated carbocycles. The molecule has 0 unspecified atom stereocenters. The fourth-order valence-corrected chi connectivity index (χ4v) is 5.52. The number of hydrogen-bond donors (Lipinski definition) is 2. The third-order valence-electron chi connectivity index (χ3n) is 6.08. The molecular weight excluding hydrogens is 316 g/mol. The van der Waals surface area contributed by atoms with E-state index in [2.05, 4.69) is 16.7 Å². The Morgan fingerprint density at radius 3 is 2.32 bits per heavy atom. The molecule has 4 aliphatic carbocycles. The monoisotopic (exact) mass is 348 g/mol. The van der Waals surface area contributed by atoms with Gasteiger partial charge >= 0.3 is 6.03 Å². The van der Waals surface area contributed by atoms with Gasteiger partial charge in [0.1, 0.15) is 12.7 Å². The lowest BCUT2D eigenvalue weighted by atomic mass is 9.53. The van der Waals surface area contributed by atoms with Crippen molar-refractivity contribution in [2.24, 2.45) is 17.8 Å². The van der Waals surface area contributed by atoms with Gasteiger partial charge in [0.2, 0.25) is 0 Å². The molecule has 0 radical (unpaired) electrons. The van der Waals surface area contributed by atoms with Gasteiger partial charge in [0.15, 0.2) is 0 Å². The predicted molar refractivity (Wildman–Crippen MR) is 96.9 cm³/mol. The number of ether oxygens (including phenoxy) is 2. The number of carbonyl (C=O) groups is 1. The number of amides is 2. The van der Waals surface area contributed by atoms with Gasteiger partial charge < -0.3 is 20.1 Å². The summed E-state index contributed by atoms with van der Waals surface area (Å²) in [5.74, 6) is 2.58. The number of unbranched alkanes of at least 4 members (excludes halogenated alkanes) is 2. The Hall–Kier alpha value is -1.41. The van der Waals surface area contributed by atoms with Crippen molar-refractivity contribution >= 4 is 6.03 Å². The van der Waals surface area contributed by atoms with Crippen LogP contribution in [0.4, 0.5) is 4.79 Å². The standard InChI is InChI=1S/C20H32N2O3/c1-2-24-8-9-25-7-5-3-4-6-21-19(23)22-20-13-16-10-17(14-20)12-18(11-16)15-20/h1,16-18H,3-15H2,(H2,21,22,23). The van der Waals surface area contributed by atoms with Gasteiger partial charge in [-0.15, -0.1) is 0 Å². The number of terminal acetylenes is 1. The third kappa shape index (κ3) is 5.28. The lowest BCUT2D eigenvalue weighted by Gasteiger charge is -2.56. The van der Waals surface area contributed by atoms with Crippen LogP contribution >= 0.6 is 0 Å². The van der Waals surface area contributed by atoms with Gasteiger partial charge in [-0.25, -0.2) is 4.79 Å². The Morgan fingerprint density at radius 2 is 1.68 bits per heavy atom. The number of rotatable bonds is 10. The smallest absolute Gasteiger partial charge is 0.315 e. The molecule has 0 aliphatic heterocycles. The van der Waals surface area contributed by atoms with Crippen molar-refractivity contribution in [1.29, 1.82) is 0 Å². The molecule has 0 aromatic heterocycles. The van der Waals surface area contributed by atoms with E-state index >= 15 is 0 Å². The molecule has 4 bridgehead atoms. The van der Waals surface area contributed by atoms with Gasteiger partial charge in [-0.05, 0) is 75.5 Å². The zero-order valence-corrected chi connectivity index (χ0v) is 15.2. The minimum atomic E-state index is 0.0321. The summed E-state index contributed by atoms with van der Waals surface area (Å²) in [7, 11) is 0. The van der Waals surface area contributed by atoms with Crippen LogP contribution in [0.5, 0.6) is 0 Å². The van der Waals surface area contributed by atoms with Crippen LogP contribution in [0.25, 0.3) is 0 Å². The fourth-order valence-electron chi connectivity index (χ4n) is 5.52. The van der Waals surface area contributed by atoms with Crippen molar-refractivity contribution in [3.63, 3.8) is 0 Å². The minimum absolute atomic E-state index is 0.0321. The zero-order valence-electron chi connectivity index (χ0n) is 15.2. The Labute approximate surface area is 151 Å². The summed E-state index contributed by atoms with van der Waals surface area (Å²) in [6.45, 7) is 2.43. The summed E-state index contributed by atoms with van der Waals surface area (Å²) in [5.41, 5.74) is 0.104. The van der Waals surface area contributed by atoms with Gasteiger partial charge in [-0.2, -0.15) is 0 Å². The summed E-state index contributed by atoms with van der Waals surface area (Å²) in [5, 5.41) is 6.39. The van der Waals surface area contributed by atoms with Gasteiger partial charge in [0.25, 0.3) is 0 Å². The highest BCUT2D eigenvalue weighted by Crippen LogP contribution is 2.55. The van der Waals surface area contributed by atoms with Gasteiger partial charge in [-0.3, -0.25) is 0 Å². The van der Waals surface area contributed by atoms with E-state index in [1.54, 1.807) is 0 Å². The van der Waals surface area contributed by atoms with Gasteiger partial charge in [0.05, 0.1) is 6.61 Å². The highest BCUT2D eigenvalue weighted by atomic mass is 16.5. The van der Waals surface area contributed by atoms with Crippen LogP contribution in [0.3, 0.4) is 0 Å². The van der Waals surface area contributed by atoms with Crippen molar-refractivity contribution in [3.8, 4) is 12.5 Å². The van der Waals surface area contributed by atoms with E-state index in [1.807, 2.05) is 0 Å². The molecule has 4 fully saturated rings. The van der Waals surface area contributed by atoms with Crippen molar-refractivity contribution < 1.29 is 14.3 Å². The second-order valence-electron chi connectivity index (χ2n) is 8.22. The second kappa shape index (κ2) is 8.80. The first kappa shape index (κ1) is 18.4. The van der Waals surface area contributed by atoms with Crippen molar-refractivity contribution in [1.82, 2.24) is 10.6 Å². The normalized spacial score (nSPS) is 32.2. The molecule has 0 heterocycles. The molecule has 4 aliphatic rings. The molecule has 0 aromatic carbocycles. The summed E-state index contributed by atoms with van der Waals surface area (Å²) in [6, 6.07) is 0.0321. The van der Waals surface area contributed by atoms with Crippen molar-refractivity contribution in [2.75, 3.05) is 26.4 Å². The Morgan fingerprint density at radius 1 is 1.00 bits per heavy atom. The molecule has 0 atom stereocenters. The number of hydrogen-bond acceptors (Lipinski definition) is 3. The maximum atomic E-state index is 12.3. The molecular formula is C20H32N2O3. The highest BCUT2D eigenvalue weighted by Gasteiger charge is 2.51. The van der Waals surface area contributed by atoms with E-state index in [1.165, 1.54) is 38.5 Å². The van der Waals surface area contributed by atoms with Crippen LogP contribution in [0, 0.1) is 30.3 Å². The minimum Gasteiger partial charge on any atom is -0.444 e. The van der Waals surface area contributed by atoms with Crippen molar-refractivity contribution in [3.05, 3.63) is 0 Å². The number of carbonyl (C=O) groups excluding carboxylic acids is 1. The Kier molecular flexibility index (Phi) is 6.47. The molecule has 2 N–H and O–H groups in total. The second-order valence-corrected chi connectivity index (χ2v) is 8.22. The highest BCUT2D eigenvalue weighted by molar-refractivity contribution is 5.74. The average molecular weight is 348 g/mol. The number of nitrogens with one attached hydrogen (secondary N) is 2.